The molecule has 2 fully saturated rings. The number of likely N-dealkylation sites (tertiary alicyclic amines) is 2. The number of hydrogen-bond acceptors (Lipinski definition) is 7. The number of carbonyl (C=O) groups excluding carboxylic acids is 1. The molecule has 2 aromatic carbocycles. The number of fused-ring (bicyclic) bond motifs is 2. The molecule has 9 heteroatoms. The average molecular weight is 589 g/mol. The van der Waals surface area contributed by atoms with E-state index in [1.54, 1.807) is 6.20 Å². The predicted octanol–water partition coefficient (Wildman–Crippen LogP) is 6.12. The predicted molar refractivity (Wildman–Crippen MR) is 176 cm³/mol. The third kappa shape index (κ3) is 6.59. The first-order chi connectivity index (χ1) is 21.7. The Balaban J connectivity index is 1.06. The van der Waals surface area contributed by atoms with Crippen molar-refractivity contribution in [2.45, 2.75) is 45.1 Å². The summed E-state index contributed by atoms with van der Waals surface area (Å²) in [6, 6.07) is 18.7. The van der Waals surface area contributed by atoms with Gasteiger partial charge in [0.1, 0.15) is 0 Å². The highest BCUT2D eigenvalue weighted by Crippen LogP contribution is 2.31. The van der Waals surface area contributed by atoms with Crippen LogP contribution in [0.3, 0.4) is 0 Å². The van der Waals surface area contributed by atoms with Crippen LogP contribution in [0.1, 0.15) is 54.7 Å². The van der Waals surface area contributed by atoms with Crippen LogP contribution >= 0.6 is 0 Å². The van der Waals surface area contributed by atoms with Crippen molar-refractivity contribution in [3.63, 3.8) is 0 Å². The van der Waals surface area contributed by atoms with Crippen molar-refractivity contribution in [1.29, 1.82) is 0 Å². The molecule has 3 N–H and O–H groups in total. The quantitative estimate of drug-likeness (QED) is 0.169. The van der Waals surface area contributed by atoms with Crippen LogP contribution in [0, 0.1) is 0 Å². The number of nitrogens with zero attached hydrogens (tertiary/aromatic N) is 5. The number of rotatable bonds is 10. The summed E-state index contributed by atoms with van der Waals surface area (Å²) in [5.74, 6) is 0.166. The minimum absolute atomic E-state index is 0.171. The molecule has 0 radical (unpaired) electrons. The number of benzene rings is 2. The van der Waals surface area contributed by atoms with Gasteiger partial charge < -0.3 is 20.5 Å². The van der Waals surface area contributed by atoms with Crippen molar-refractivity contribution < 1.29 is 4.79 Å². The Bertz CT molecular complexity index is 1740. The largest absolute Gasteiger partial charge is 0.355 e. The summed E-state index contributed by atoms with van der Waals surface area (Å²) in [5.41, 5.74) is 7.47. The molecular weight excluding hydrogens is 548 g/mol. The maximum atomic E-state index is 12.8. The molecule has 0 saturated carbocycles. The van der Waals surface area contributed by atoms with Crippen LogP contribution in [0.5, 0.6) is 0 Å². The Kier molecular flexibility index (Phi) is 8.47. The normalized spacial score (nSPS) is 16.1. The molecule has 2 aliphatic heterocycles. The standard InChI is InChI=1S/C35H40N8O/c44-35(37-14-6-20-42-16-2-1-3-17-42)34-40-30-12-9-26(21-33(30)41-34)31-22-32(28-23-36-15-13-29(28)39-31)38-27-10-7-25(8-11-27)24-43-18-4-5-19-43/h7-13,15,21-23H,1-6,14,16-20,24H2,(H,37,44)(H,38,39)(H,40,41). The van der Waals surface area contributed by atoms with E-state index in [4.69, 9.17) is 4.98 Å². The van der Waals surface area contributed by atoms with Crippen LogP contribution in [0.4, 0.5) is 11.4 Å². The molecule has 5 aromatic rings. The van der Waals surface area contributed by atoms with Gasteiger partial charge in [-0.3, -0.25) is 14.7 Å². The summed E-state index contributed by atoms with van der Waals surface area (Å²) in [7, 11) is 0. The molecule has 0 aliphatic carbocycles. The number of H-pyrrole nitrogens is 1. The van der Waals surface area contributed by atoms with Gasteiger partial charge >= 0.3 is 0 Å². The van der Waals surface area contributed by atoms with E-state index in [0.717, 1.165) is 64.1 Å². The first-order valence-electron chi connectivity index (χ1n) is 16.0. The second kappa shape index (κ2) is 13.1. The smallest absolute Gasteiger partial charge is 0.287 e. The van der Waals surface area contributed by atoms with E-state index in [2.05, 4.69) is 65.7 Å². The van der Waals surface area contributed by atoms with Gasteiger partial charge in [0.05, 0.1) is 27.9 Å². The van der Waals surface area contributed by atoms with Gasteiger partial charge in [-0.25, -0.2) is 9.97 Å². The van der Waals surface area contributed by atoms with Gasteiger partial charge in [-0.05, 0) is 107 Å². The highest BCUT2D eigenvalue weighted by atomic mass is 16.2. The Hall–Kier alpha value is -4.34. The molecule has 0 spiro atoms. The second-order valence-electron chi connectivity index (χ2n) is 12.1. The lowest BCUT2D eigenvalue weighted by atomic mass is 10.1. The first-order valence-corrected chi connectivity index (χ1v) is 16.0. The minimum Gasteiger partial charge on any atom is -0.355 e. The molecule has 1 amide bonds. The van der Waals surface area contributed by atoms with Gasteiger partial charge in [-0.15, -0.1) is 0 Å². The minimum atomic E-state index is -0.171. The van der Waals surface area contributed by atoms with Crippen molar-refractivity contribution in [3.05, 3.63) is 78.4 Å². The molecule has 0 atom stereocenters. The van der Waals surface area contributed by atoms with Gasteiger partial charge in [0, 0.05) is 42.1 Å². The Morgan fingerprint density at radius 2 is 1.64 bits per heavy atom. The number of nitrogens with one attached hydrogen (secondary N) is 3. The zero-order chi connectivity index (χ0) is 29.7. The van der Waals surface area contributed by atoms with E-state index in [-0.39, 0.29) is 5.91 Å². The van der Waals surface area contributed by atoms with Crippen molar-refractivity contribution in [3.8, 4) is 11.3 Å². The third-order valence-electron chi connectivity index (χ3n) is 8.83. The summed E-state index contributed by atoms with van der Waals surface area (Å²) >= 11 is 0. The van der Waals surface area contributed by atoms with Crippen molar-refractivity contribution in [2.75, 3.05) is 44.6 Å². The molecule has 226 valence electrons. The van der Waals surface area contributed by atoms with Crippen LogP contribution < -0.4 is 10.6 Å². The number of piperidine rings is 1. The van der Waals surface area contributed by atoms with E-state index >= 15 is 0 Å². The fourth-order valence-corrected chi connectivity index (χ4v) is 6.41. The molecule has 3 aromatic heterocycles. The lowest BCUT2D eigenvalue weighted by Crippen LogP contribution is -2.33. The molecular formula is C35H40N8O. The third-order valence-corrected chi connectivity index (χ3v) is 8.83. The number of aromatic nitrogens is 4. The van der Waals surface area contributed by atoms with Crippen LogP contribution in [0.15, 0.2) is 67.0 Å². The van der Waals surface area contributed by atoms with Crippen LogP contribution in [0.2, 0.25) is 0 Å². The lowest BCUT2D eigenvalue weighted by molar-refractivity contribution is 0.0942. The topological polar surface area (TPSA) is 102 Å². The Labute approximate surface area is 258 Å². The van der Waals surface area contributed by atoms with E-state index in [0.29, 0.717) is 12.4 Å². The number of amides is 1. The number of anilines is 2. The molecule has 2 saturated heterocycles. The van der Waals surface area contributed by atoms with E-state index < -0.39 is 0 Å². The van der Waals surface area contributed by atoms with Gasteiger partial charge in [-0.2, -0.15) is 0 Å². The summed E-state index contributed by atoms with van der Waals surface area (Å²) < 4.78 is 0. The molecule has 7 rings (SSSR count). The van der Waals surface area contributed by atoms with E-state index in [1.165, 1.54) is 63.8 Å². The zero-order valence-electron chi connectivity index (χ0n) is 25.2. The number of aromatic amines is 1. The van der Waals surface area contributed by atoms with Gasteiger partial charge in [0.25, 0.3) is 5.91 Å². The fraction of sp³-hybridized carbons (Fsp3) is 0.371. The molecule has 2 aliphatic rings. The fourth-order valence-electron chi connectivity index (χ4n) is 6.41. The molecule has 9 nitrogen and oxygen atoms in total. The number of carbonyl (C=O) groups is 1. The lowest BCUT2D eigenvalue weighted by Gasteiger charge is -2.26. The molecule has 5 heterocycles. The van der Waals surface area contributed by atoms with Crippen LogP contribution in [-0.4, -0.2) is 74.9 Å². The van der Waals surface area contributed by atoms with E-state index in [9.17, 15) is 4.79 Å². The average Bonchev–Trinajstić information content (AvgIpc) is 3.74. The number of hydrogen-bond donors (Lipinski definition) is 3. The highest BCUT2D eigenvalue weighted by molar-refractivity contribution is 5.97. The molecule has 0 unspecified atom stereocenters. The zero-order valence-corrected chi connectivity index (χ0v) is 25.2. The molecule has 44 heavy (non-hydrogen) atoms. The van der Waals surface area contributed by atoms with Crippen molar-refractivity contribution in [2.24, 2.45) is 0 Å². The number of pyridine rings is 2. The Morgan fingerprint density at radius 1 is 0.841 bits per heavy atom. The van der Waals surface area contributed by atoms with Crippen LogP contribution in [0.25, 0.3) is 33.2 Å². The first kappa shape index (κ1) is 28.4. The summed E-state index contributed by atoms with van der Waals surface area (Å²) in [5, 5.41) is 7.59. The highest BCUT2D eigenvalue weighted by Gasteiger charge is 2.15. The van der Waals surface area contributed by atoms with Gasteiger partial charge in [0.2, 0.25) is 0 Å². The summed E-state index contributed by atoms with van der Waals surface area (Å²) in [6.07, 6.45) is 11.1. The molecule has 0 bridgehead atoms. The van der Waals surface area contributed by atoms with Gasteiger partial charge in [-0.1, -0.05) is 24.6 Å². The maximum Gasteiger partial charge on any atom is 0.287 e. The van der Waals surface area contributed by atoms with Crippen LogP contribution in [-0.2, 0) is 6.54 Å². The summed E-state index contributed by atoms with van der Waals surface area (Å²) in [6.45, 7) is 7.40. The number of imidazole rings is 1. The maximum absolute atomic E-state index is 12.8. The SMILES string of the molecule is O=C(NCCCN1CCCCC1)c1nc2cc(-c3cc(Nc4ccc(CN5CCCC5)cc4)c4cnccc4n3)ccc2[nH]1. The Morgan fingerprint density at radius 3 is 2.48 bits per heavy atom. The van der Waals surface area contributed by atoms with Crippen molar-refractivity contribution in [1.82, 2.24) is 35.1 Å². The van der Waals surface area contributed by atoms with Crippen molar-refractivity contribution >= 4 is 39.2 Å². The van der Waals surface area contributed by atoms with Gasteiger partial charge in [0.15, 0.2) is 5.82 Å². The van der Waals surface area contributed by atoms with E-state index in [1.807, 2.05) is 30.5 Å². The summed E-state index contributed by atoms with van der Waals surface area (Å²) in [4.78, 5) is 35.0. The second-order valence-corrected chi connectivity index (χ2v) is 12.1. The monoisotopic (exact) mass is 588 g/mol.